The number of benzene rings is 1. The Balaban J connectivity index is 1.96. The van der Waals surface area contributed by atoms with E-state index in [9.17, 15) is 4.79 Å². The average molecular weight is 279 g/mol. The monoisotopic (exact) mass is 279 g/mol. The molecule has 0 saturated carbocycles. The molecule has 2 aromatic heterocycles. The van der Waals surface area contributed by atoms with E-state index in [1.165, 1.54) is 0 Å². The van der Waals surface area contributed by atoms with Crippen LogP contribution in [0.2, 0.25) is 0 Å². The summed E-state index contributed by atoms with van der Waals surface area (Å²) in [7, 11) is 0. The molecule has 0 radical (unpaired) electrons. The molecule has 1 amide bonds. The summed E-state index contributed by atoms with van der Waals surface area (Å²) in [5, 5.41) is 0. The third kappa shape index (κ3) is 2.48. The minimum Gasteiger partial charge on any atom is -0.323 e. The Kier molecular flexibility index (Phi) is 3.36. The van der Waals surface area contributed by atoms with E-state index < -0.39 is 0 Å². The molecular formula is C17H17N3O. The lowest BCUT2D eigenvalue weighted by atomic mass is 10.1. The van der Waals surface area contributed by atoms with Crippen molar-refractivity contribution < 1.29 is 4.79 Å². The summed E-state index contributed by atoms with van der Waals surface area (Å²) in [4.78, 5) is 12.6. The molecule has 3 aromatic rings. The second kappa shape index (κ2) is 5.32. The number of aryl methyl sites for hydroxylation is 2. The zero-order valence-corrected chi connectivity index (χ0v) is 12.1. The van der Waals surface area contributed by atoms with Gasteiger partial charge >= 0.3 is 0 Å². The van der Waals surface area contributed by atoms with Crippen LogP contribution in [0.3, 0.4) is 0 Å². The Labute approximate surface area is 123 Å². The van der Waals surface area contributed by atoms with Crippen LogP contribution in [0, 0.1) is 13.8 Å². The van der Waals surface area contributed by atoms with Crippen LogP contribution in [0.25, 0.3) is 5.69 Å². The Bertz CT molecular complexity index is 750. The predicted octanol–water partition coefficient (Wildman–Crippen LogP) is 3.28. The maximum absolute atomic E-state index is 12.6. The summed E-state index contributed by atoms with van der Waals surface area (Å²) < 4.78 is 3.74. The van der Waals surface area contributed by atoms with E-state index in [0.29, 0.717) is 5.56 Å². The fraction of sp³-hybridized carbons (Fsp3) is 0.118. The molecular weight excluding hydrogens is 262 g/mol. The van der Waals surface area contributed by atoms with Crippen LogP contribution in [0.1, 0.15) is 21.7 Å². The molecule has 4 heteroatoms. The molecule has 1 N–H and O–H groups in total. The highest BCUT2D eigenvalue weighted by molar-refractivity contribution is 6.03. The lowest BCUT2D eigenvalue weighted by Crippen LogP contribution is -2.25. The van der Waals surface area contributed by atoms with Crippen LogP contribution >= 0.6 is 0 Å². The van der Waals surface area contributed by atoms with Crippen molar-refractivity contribution in [2.75, 3.05) is 5.43 Å². The SMILES string of the molecule is Cc1ccc(C)n1NC(=O)c1ccccc1-n1cccc1. The molecule has 0 saturated heterocycles. The summed E-state index contributed by atoms with van der Waals surface area (Å²) in [5.41, 5.74) is 6.44. The summed E-state index contributed by atoms with van der Waals surface area (Å²) in [6.07, 6.45) is 3.86. The van der Waals surface area contributed by atoms with Gasteiger partial charge in [0, 0.05) is 23.8 Å². The first-order valence-corrected chi connectivity index (χ1v) is 6.85. The van der Waals surface area contributed by atoms with Gasteiger partial charge in [-0.1, -0.05) is 12.1 Å². The Hall–Kier alpha value is -2.75. The molecule has 0 aliphatic heterocycles. The van der Waals surface area contributed by atoms with E-state index in [-0.39, 0.29) is 5.91 Å². The van der Waals surface area contributed by atoms with Gasteiger partial charge in [0.15, 0.2) is 0 Å². The highest BCUT2D eigenvalue weighted by Crippen LogP contribution is 2.15. The predicted molar refractivity (Wildman–Crippen MR) is 83.4 cm³/mol. The molecule has 4 nitrogen and oxygen atoms in total. The smallest absolute Gasteiger partial charge is 0.272 e. The van der Waals surface area contributed by atoms with Crippen LogP contribution in [0.5, 0.6) is 0 Å². The number of carbonyl (C=O) groups excluding carboxylic acids is 1. The number of nitrogens with one attached hydrogen (secondary N) is 1. The molecule has 0 aliphatic carbocycles. The molecule has 21 heavy (non-hydrogen) atoms. The molecule has 0 bridgehead atoms. The average Bonchev–Trinajstić information content (AvgIpc) is 3.13. The maximum atomic E-state index is 12.6. The lowest BCUT2D eigenvalue weighted by molar-refractivity contribution is 0.101. The summed E-state index contributed by atoms with van der Waals surface area (Å²) in [5.74, 6) is -0.123. The largest absolute Gasteiger partial charge is 0.323 e. The van der Waals surface area contributed by atoms with E-state index in [2.05, 4.69) is 5.43 Å². The van der Waals surface area contributed by atoms with Crippen LogP contribution in [0.15, 0.2) is 60.9 Å². The van der Waals surface area contributed by atoms with Gasteiger partial charge in [0.05, 0.1) is 11.3 Å². The highest BCUT2D eigenvalue weighted by Gasteiger charge is 2.13. The molecule has 0 spiro atoms. The van der Waals surface area contributed by atoms with Crippen molar-refractivity contribution in [2.24, 2.45) is 0 Å². The summed E-state index contributed by atoms with van der Waals surface area (Å²) in [6, 6.07) is 15.4. The lowest BCUT2D eigenvalue weighted by Gasteiger charge is -2.14. The number of rotatable bonds is 3. The number of para-hydroxylation sites is 1. The number of carbonyl (C=O) groups is 1. The molecule has 106 valence electrons. The van der Waals surface area contributed by atoms with Crippen LogP contribution in [-0.2, 0) is 0 Å². The molecule has 2 heterocycles. The zero-order valence-electron chi connectivity index (χ0n) is 12.1. The van der Waals surface area contributed by atoms with Gasteiger partial charge in [-0.2, -0.15) is 0 Å². The van der Waals surface area contributed by atoms with Gasteiger partial charge in [0.2, 0.25) is 0 Å². The van der Waals surface area contributed by atoms with Gasteiger partial charge in [-0.25, -0.2) is 0 Å². The van der Waals surface area contributed by atoms with E-state index >= 15 is 0 Å². The number of nitrogens with zero attached hydrogens (tertiary/aromatic N) is 2. The molecule has 3 rings (SSSR count). The number of aromatic nitrogens is 2. The van der Waals surface area contributed by atoms with E-state index in [0.717, 1.165) is 17.1 Å². The van der Waals surface area contributed by atoms with Crippen molar-refractivity contribution in [1.29, 1.82) is 0 Å². The quantitative estimate of drug-likeness (QED) is 0.785. The minimum atomic E-state index is -0.123. The van der Waals surface area contributed by atoms with Gasteiger partial charge < -0.3 is 4.57 Å². The van der Waals surface area contributed by atoms with E-state index in [1.54, 1.807) is 4.68 Å². The van der Waals surface area contributed by atoms with Crippen molar-refractivity contribution in [3.63, 3.8) is 0 Å². The van der Waals surface area contributed by atoms with Crippen molar-refractivity contribution in [1.82, 2.24) is 9.24 Å². The van der Waals surface area contributed by atoms with E-state index in [4.69, 9.17) is 0 Å². The number of hydrogen-bond acceptors (Lipinski definition) is 1. The number of amides is 1. The second-order valence-corrected chi connectivity index (χ2v) is 5.00. The van der Waals surface area contributed by atoms with Crippen LogP contribution in [-0.4, -0.2) is 15.2 Å². The highest BCUT2D eigenvalue weighted by atomic mass is 16.2. The standard InChI is InChI=1S/C17H17N3O/c1-13-9-10-14(2)20(13)18-17(21)15-7-3-4-8-16(15)19-11-5-6-12-19/h3-12H,1-2H3,(H,18,21). The second-order valence-electron chi connectivity index (χ2n) is 5.00. The first kappa shape index (κ1) is 13.2. The molecule has 0 aliphatic rings. The topological polar surface area (TPSA) is 39.0 Å². The van der Waals surface area contributed by atoms with Gasteiger partial charge in [0.1, 0.15) is 0 Å². The minimum absolute atomic E-state index is 0.123. The summed E-state index contributed by atoms with van der Waals surface area (Å²) >= 11 is 0. The molecule has 0 atom stereocenters. The molecule has 1 aromatic carbocycles. The first-order chi connectivity index (χ1) is 10.2. The van der Waals surface area contributed by atoms with Gasteiger partial charge in [-0.3, -0.25) is 14.9 Å². The normalized spacial score (nSPS) is 10.6. The maximum Gasteiger partial charge on any atom is 0.272 e. The first-order valence-electron chi connectivity index (χ1n) is 6.85. The Morgan fingerprint density at radius 1 is 0.905 bits per heavy atom. The van der Waals surface area contributed by atoms with Gasteiger partial charge in [-0.15, -0.1) is 0 Å². The molecule has 0 fully saturated rings. The van der Waals surface area contributed by atoms with Crippen LogP contribution < -0.4 is 5.43 Å². The van der Waals surface area contributed by atoms with Crippen molar-refractivity contribution in [3.8, 4) is 5.69 Å². The molecule has 0 unspecified atom stereocenters. The zero-order chi connectivity index (χ0) is 14.8. The summed E-state index contributed by atoms with van der Waals surface area (Å²) in [6.45, 7) is 3.93. The fourth-order valence-corrected chi connectivity index (χ4v) is 2.39. The Morgan fingerprint density at radius 2 is 1.52 bits per heavy atom. The van der Waals surface area contributed by atoms with E-state index in [1.807, 2.05) is 79.3 Å². The third-order valence-electron chi connectivity index (χ3n) is 3.52. The van der Waals surface area contributed by atoms with Crippen molar-refractivity contribution in [2.45, 2.75) is 13.8 Å². The third-order valence-corrected chi connectivity index (χ3v) is 3.52. The van der Waals surface area contributed by atoms with Crippen molar-refractivity contribution >= 4 is 5.91 Å². The Morgan fingerprint density at radius 3 is 2.19 bits per heavy atom. The fourth-order valence-electron chi connectivity index (χ4n) is 2.39. The number of hydrogen-bond donors (Lipinski definition) is 1. The van der Waals surface area contributed by atoms with Gasteiger partial charge in [0.25, 0.3) is 5.91 Å². The van der Waals surface area contributed by atoms with Crippen LogP contribution in [0.4, 0.5) is 0 Å². The van der Waals surface area contributed by atoms with Crippen molar-refractivity contribution in [3.05, 3.63) is 77.9 Å². The van der Waals surface area contributed by atoms with Gasteiger partial charge in [-0.05, 0) is 50.2 Å².